The van der Waals surface area contributed by atoms with Crippen LogP contribution in [-0.4, -0.2) is 31.1 Å². The summed E-state index contributed by atoms with van der Waals surface area (Å²) in [7, 11) is 0. The van der Waals surface area contributed by atoms with Gasteiger partial charge in [0.05, 0.1) is 17.5 Å². The van der Waals surface area contributed by atoms with Crippen molar-refractivity contribution < 1.29 is 13.2 Å². The summed E-state index contributed by atoms with van der Waals surface area (Å²) in [6, 6.07) is 11.4. The number of anilines is 2. The van der Waals surface area contributed by atoms with E-state index in [1.807, 2.05) is 30.5 Å². The first-order valence-electron chi connectivity index (χ1n) is 8.11. The average molecular weight is 402 g/mol. The summed E-state index contributed by atoms with van der Waals surface area (Å²) in [5.74, 6) is 0.357. The van der Waals surface area contributed by atoms with Gasteiger partial charge in [-0.2, -0.15) is 22.8 Å². The molecule has 6 nitrogen and oxygen atoms in total. The number of pyridine rings is 1. The largest absolute Gasteiger partial charge is 0.418 e. The summed E-state index contributed by atoms with van der Waals surface area (Å²) in [6.45, 7) is 0. The highest BCUT2D eigenvalue weighted by Gasteiger charge is 2.34. The summed E-state index contributed by atoms with van der Waals surface area (Å²) >= 11 is 1.63. The fourth-order valence-corrected chi connectivity index (χ4v) is 3.08. The second kappa shape index (κ2) is 7.12. The molecule has 0 saturated heterocycles. The van der Waals surface area contributed by atoms with E-state index < -0.39 is 11.7 Å². The summed E-state index contributed by atoms with van der Waals surface area (Å²) in [5, 5.41) is 15.3. The molecule has 1 aromatic carbocycles. The van der Waals surface area contributed by atoms with Crippen LogP contribution in [0.25, 0.3) is 16.9 Å². The van der Waals surface area contributed by atoms with Crippen LogP contribution in [0.3, 0.4) is 0 Å². The Hall–Kier alpha value is -3.14. The van der Waals surface area contributed by atoms with Crippen LogP contribution < -0.4 is 5.32 Å². The summed E-state index contributed by atoms with van der Waals surface area (Å²) in [5.41, 5.74) is 0.285. The van der Waals surface area contributed by atoms with Gasteiger partial charge in [-0.05, 0) is 48.7 Å². The first-order chi connectivity index (χ1) is 13.5. The van der Waals surface area contributed by atoms with Crippen LogP contribution in [0.1, 0.15) is 5.56 Å². The van der Waals surface area contributed by atoms with Gasteiger partial charge < -0.3 is 5.32 Å². The van der Waals surface area contributed by atoms with E-state index in [1.54, 1.807) is 11.8 Å². The number of nitrogens with one attached hydrogen (secondary N) is 1. The summed E-state index contributed by atoms with van der Waals surface area (Å²) in [4.78, 5) is 5.00. The van der Waals surface area contributed by atoms with Crippen molar-refractivity contribution in [3.63, 3.8) is 0 Å². The Labute approximate surface area is 161 Å². The second-order valence-electron chi connectivity index (χ2n) is 5.79. The van der Waals surface area contributed by atoms with Crippen molar-refractivity contribution in [2.45, 2.75) is 11.1 Å². The molecule has 1 N–H and O–H groups in total. The maximum absolute atomic E-state index is 13.2. The molecule has 0 fully saturated rings. The fourth-order valence-electron chi connectivity index (χ4n) is 2.67. The molecule has 28 heavy (non-hydrogen) atoms. The van der Waals surface area contributed by atoms with Crippen molar-refractivity contribution in [1.29, 1.82) is 0 Å². The van der Waals surface area contributed by atoms with Gasteiger partial charge in [0.2, 0.25) is 5.95 Å². The Kier molecular flexibility index (Phi) is 4.63. The van der Waals surface area contributed by atoms with Crippen molar-refractivity contribution in [3.05, 3.63) is 60.4 Å². The van der Waals surface area contributed by atoms with E-state index in [0.29, 0.717) is 11.6 Å². The van der Waals surface area contributed by atoms with Gasteiger partial charge in [-0.1, -0.05) is 0 Å². The van der Waals surface area contributed by atoms with E-state index in [1.165, 1.54) is 29.0 Å². The Bertz CT molecular complexity index is 1120. The molecule has 0 bridgehead atoms. The van der Waals surface area contributed by atoms with Gasteiger partial charge in [0.25, 0.3) is 0 Å². The van der Waals surface area contributed by atoms with Crippen molar-refractivity contribution in [1.82, 2.24) is 24.8 Å². The second-order valence-corrected chi connectivity index (χ2v) is 6.67. The highest BCUT2D eigenvalue weighted by atomic mass is 32.2. The normalized spacial score (nSPS) is 11.7. The number of hydrogen-bond donors (Lipinski definition) is 1. The maximum Gasteiger partial charge on any atom is 0.418 e. The molecule has 0 aliphatic carbocycles. The van der Waals surface area contributed by atoms with E-state index in [9.17, 15) is 13.2 Å². The molecule has 0 atom stereocenters. The maximum atomic E-state index is 13.2. The third kappa shape index (κ3) is 3.50. The van der Waals surface area contributed by atoms with E-state index >= 15 is 0 Å². The molecule has 142 valence electrons. The van der Waals surface area contributed by atoms with Crippen LogP contribution in [0.4, 0.5) is 24.8 Å². The molecule has 0 aliphatic heterocycles. The number of alkyl halides is 3. The highest BCUT2D eigenvalue weighted by Crippen LogP contribution is 2.35. The molecule has 3 aromatic heterocycles. The van der Waals surface area contributed by atoms with Crippen LogP contribution in [0.5, 0.6) is 0 Å². The number of rotatable bonds is 4. The van der Waals surface area contributed by atoms with Gasteiger partial charge in [0, 0.05) is 22.3 Å². The van der Waals surface area contributed by atoms with Crippen molar-refractivity contribution >= 4 is 29.0 Å². The highest BCUT2D eigenvalue weighted by molar-refractivity contribution is 7.98. The zero-order valence-electron chi connectivity index (χ0n) is 14.5. The zero-order chi connectivity index (χ0) is 19.7. The van der Waals surface area contributed by atoms with E-state index in [-0.39, 0.29) is 11.3 Å². The van der Waals surface area contributed by atoms with Crippen LogP contribution in [0.15, 0.2) is 59.8 Å². The Morgan fingerprint density at radius 3 is 2.57 bits per heavy atom. The quantitative estimate of drug-likeness (QED) is 0.501. The van der Waals surface area contributed by atoms with Crippen LogP contribution in [0.2, 0.25) is 0 Å². The third-order valence-corrected chi connectivity index (χ3v) is 4.74. The SMILES string of the molecule is CSc1ccc(Nc2nnc3cc(-c4ncccc4C(F)(F)F)cnn23)cc1. The number of thioether (sulfide) groups is 1. The lowest BCUT2D eigenvalue weighted by Gasteiger charge is -2.11. The summed E-state index contributed by atoms with van der Waals surface area (Å²) in [6.07, 6.45) is 0.0978. The molecule has 3 heterocycles. The smallest absolute Gasteiger partial charge is 0.323 e. The van der Waals surface area contributed by atoms with Gasteiger partial charge >= 0.3 is 6.18 Å². The topological polar surface area (TPSA) is 68.0 Å². The van der Waals surface area contributed by atoms with Gasteiger partial charge in [0.15, 0.2) is 5.65 Å². The van der Waals surface area contributed by atoms with Crippen molar-refractivity contribution in [3.8, 4) is 11.3 Å². The standard InChI is InChI=1S/C18H13F3N6S/c1-28-13-6-4-12(5-7-13)24-17-26-25-15-9-11(10-23-27(15)17)16-14(18(19,20)21)3-2-8-22-16/h2-10H,1H3,(H,24,26). The number of aromatic nitrogens is 5. The first-order valence-corrected chi connectivity index (χ1v) is 9.33. The molecule has 0 aliphatic rings. The molecular formula is C18H13F3N6S. The van der Waals surface area contributed by atoms with Crippen LogP contribution >= 0.6 is 11.8 Å². The van der Waals surface area contributed by atoms with E-state index in [2.05, 4.69) is 25.6 Å². The number of halogens is 3. The molecule has 0 amide bonds. The number of benzene rings is 1. The number of hydrogen-bond acceptors (Lipinski definition) is 6. The van der Waals surface area contributed by atoms with Gasteiger partial charge in [-0.3, -0.25) is 4.98 Å². The zero-order valence-corrected chi connectivity index (χ0v) is 15.3. The number of nitrogens with zero attached hydrogens (tertiary/aromatic N) is 5. The Balaban J connectivity index is 1.69. The monoisotopic (exact) mass is 402 g/mol. The fraction of sp³-hybridized carbons (Fsp3) is 0.111. The predicted molar refractivity (Wildman–Crippen MR) is 101 cm³/mol. The molecule has 0 radical (unpaired) electrons. The summed E-state index contributed by atoms with van der Waals surface area (Å²) < 4.78 is 41.1. The van der Waals surface area contributed by atoms with E-state index in [0.717, 1.165) is 16.6 Å². The minimum atomic E-state index is -4.51. The van der Waals surface area contributed by atoms with Crippen molar-refractivity contribution in [2.75, 3.05) is 11.6 Å². The predicted octanol–water partition coefficient (Wildman–Crippen LogP) is 4.67. The molecular weight excluding hydrogens is 389 g/mol. The molecule has 4 aromatic rings. The van der Waals surface area contributed by atoms with E-state index in [4.69, 9.17) is 0 Å². The molecule has 0 spiro atoms. The minimum Gasteiger partial charge on any atom is -0.323 e. The van der Waals surface area contributed by atoms with Gasteiger partial charge in [-0.25, -0.2) is 0 Å². The Morgan fingerprint density at radius 1 is 1.07 bits per heavy atom. The molecule has 10 heteroatoms. The lowest BCUT2D eigenvalue weighted by Crippen LogP contribution is -2.08. The average Bonchev–Trinajstić information content (AvgIpc) is 3.10. The third-order valence-electron chi connectivity index (χ3n) is 3.99. The van der Waals surface area contributed by atoms with Crippen LogP contribution in [0, 0.1) is 0 Å². The van der Waals surface area contributed by atoms with Gasteiger partial charge in [0.1, 0.15) is 0 Å². The Morgan fingerprint density at radius 2 is 1.86 bits per heavy atom. The lowest BCUT2D eigenvalue weighted by atomic mass is 10.1. The molecule has 4 rings (SSSR count). The minimum absolute atomic E-state index is 0.199. The van der Waals surface area contributed by atoms with Crippen molar-refractivity contribution in [2.24, 2.45) is 0 Å². The molecule has 0 saturated carbocycles. The lowest BCUT2D eigenvalue weighted by molar-refractivity contribution is -0.137. The van der Waals surface area contributed by atoms with Crippen LogP contribution in [-0.2, 0) is 6.18 Å². The number of fused-ring (bicyclic) bond motifs is 1. The molecule has 0 unspecified atom stereocenters. The first kappa shape index (κ1) is 18.2. The van der Waals surface area contributed by atoms with Gasteiger partial charge in [-0.15, -0.1) is 22.0 Å².